The molecular formula is C13H18N4O. The van der Waals surface area contributed by atoms with Crippen molar-refractivity contribution in [1.29, 1.82) is 0 Å². The maximum Gasteiger partial charge on any atom is 0.123 e. The Morgan fingerprint density at radius 3 is 2.83 bits per heavy atom. The molecule has 2 aromatic rings. The number of ether oxygens (including phenoxy) is 1. The summed E-state index contributed by atoms with van der Waals surface area (Å²) in [5.41, 5.74) is 9.28. The lowest BCUT2D eigenvalue weighted by Gasteiger charge is -2.15. The van der Waals surface area contributed by atoms with Crippen LogP contribution in [-0.2, 0) is 13.5 Å². The molecule has 1 aromatic heterocycles. The quantitative estimate of drug-likeness (QED) is 0.885. The molecule has 0 saturated carbocycles. The van der Waals surface area contributed by atoms with Crippen LogP contribution in [0.25, 0.3) is 0 Å². The number of nitrogens with zero attached hydrogens (tertiary/aromatic N) is 3. The van der Waals surface area contributed by atoms with Crippen LogP contribution in [0.4, 0.5) is 0 Å². The van der Waals surface area contributed by atoms with Crippen LogP contribution in [0.1, 0.15) is 22.9 Å². The molecular weight excluding hydrogens is 228 g/mol. The van der Waals surface area contributed by atoms with Crippen LogP contribution in [0.2, 0.25) is 0 Å². The molecule has 0 saturated heterocycles. The number of hydrogen-bond acceptors (Lipinski definition) is 4. The minimum Gasteiger partial charge on any atom is -0.496 e. The Morgan fingerprint density at radius 2 is 2.22 bits per heavy atom. The number of nitrogens with two attached hydrogens (primary N) is 1. The van der Waals surface area contributed by atoms with Gasteiger partial charge in [0.15, 0.2) is 0 Å². The van der Waals surface area contributed by atoms with E-state index in [2.05, 4.69) is 16.4 Å². The molecule has 5 nitrogen and oxygen atoms in total. The molecule has 5 heteroatoms. The molecule has 0 fully saturated rings. The number of rotatable bonds is 4. The van der Waals surface area contributed by atoms with Crippen molar-refractivity contribution in [2.75, 3.05) is 7.11 Å². The molecule has 0 radical (unpaired) electrons. The van der Waals surface area contributed by atoms with Gasteiger partial charge in [0.2, 0.25) is 0 Å². The zero-order valence-electron chi connectivity index (χ0n) is 10.9. The van der Waals surface area contributed by atoms with Gasteiger partial charge in [0.05, 0.1) is 12.8 Å². The van der Waals surface area contributed by atoms with Crippen molar-refractivity contribution in [3.05, 3.63) is 41.2 Å². The second-order valence-electron chi connectivity index (χ2n) is 4.44. The lowest BCUT2D eigenvalue weighted by atomic mass is 10.00. The maximum absolute atomic E-state index is 6.22. The second kappa shape index (κ2) is 5.18. The highest BCUT2D eigenvalue weighted by Crippen LogP contribution is 2.26. The van der Waals surface area contributed by atoms with E-state index < -0.39 is 0 Å². The number of aromatic nitrogens is 3. The zero-order valence-corrected chi connectivity index (χ0v) is 10.9. The van der Waals surface area contributed by atoms with E-state index in [0.717, 1.165) is 17.0 Å². The molecule has 96 valence electrons. The van der Waals surface area contributed by atoms with Crippen LogP contribution in [-0.4, -0.2) is 22.1 Å². The van der Waals surface area contributed by atoms with E-state index in [-0.39, 0.29) is 6.04 Å². The van der Waals surface area contributed by atoms with Gasteiger partial charge in [-0.15, -0.1) is 5.10 Å². The molecule has 0 aliphatic carbocycles. The third-order valence-electron chi connectivity index (χ3n) is 2.86. The molecule has 2 rings (SSSR count). The van der Waals surface area contributed by atoms with Crippen LogP contribution in [0.3, 0.4) is 0 Å². The first-order chi connectivity index (χ1) is 8.60. The fraction of sp³-hybridized carbons (Fsp3) is 0.385. The third-order valence-corrected chi connectivity index (χ3v) is 2.86. The van der Waals surface area contributed by atoms with Crippen LogP contribution in [0.15, 0.2) is 24.4 Å². The Labute approximate surface area is 107 Å². The molecule has 0 aliphatic heterocycles. The van der Waals surface area contributed by atoms with Gasteiger partial charge in [0, 0.05) is 31.3 Å². The predicted octanol–water partition coefficient (Wildman–Crippen LogP) is 1.37. The Bertz CT molecular complexity index is 536. The summed E-state index contributed by atoms with van der Waals surface area (Å²) in [6, 6.07) is 5.87. The van der Waals surface area contributed by atoms with Crippen LogP contribution in [0, 0.1) is 6.92 Å². The summed E-state index contributed by atoms with van der Waals surface area (Å²) >= 11 is 0. The molecule has 0 aliphatic rings. The summed E-state index contributed by atoms with van der Waals surface area (Å²) in [7, 11) is 3.50. The zero-order chi connectivity index (χ0) is 13.1. The minimum absolute atomic E-state index is 0.142. The molecule has 1 aromatic carbocycles. The molecule has 0 bridgehead atoms. The number of aryl methyl sites for hydroxylation is 2. The summed E-state index contributed by atoms with van der Waals surface area (Å²) in [6.07, 6.45) is 2.52. The number of benzene rings is 1. The van der Waals surface area contributed by atoms with Gasteiger partial charge in [-0.2, -0.15) is 0 Å². The highest BCUT2D eigenvalue weighted by atomic mass is 16.5. The molecule has 1 heterocycles. The van der Waals surface area contributed by atoms with Gasteiger partial charge < -0.3 is 10.5 Å². The normalized spacial score (nSPS) is 12.4. The van der Waals surface area contributed by atoms with Crippen LogP contribution in [0.5, 0.6) is 5.75 Å². The van der Waals surface area contributed by atoms with Crippen molar-refractivity contribution in [2.45, 2.75) is 19.4 Å². The van der Waals surface area contributed by atoms with Gasteiger partial charge in [-0.1, -0.05) is 22.9 Å². The molecule has 1 atom stereocenters. The van der Waals surface area contributed by atoms with Crippen molar-refractivity contribution in [2.24, 2.45) is 12.8 Å². The summed E-state index contributed by atoms with van der Waals surface area (Å²) in [6.45, 7) is 2.04. The lowest BCUT2D eigenvalue weighted by Crippen LogP contribution is -2.15. The van der Waals surface area contributed by atoms with Crippen molar-refractivity contribution >= 4 is 0 Å². The molecule has 0 spiro atoms. The summed E-state index contributed by atoms with van der Waals surface area (Å²) in [5.74, 6) is 0.817. The van der Waals surface area contributed by atoms with Gasteiger partial charge in [-0.3, -0.25) is 4.68 Å². The average molecular weight is 246 g/mol. The summed E-state index contributed by atoms with van der Waals surface area (Å²) in [4.78, 5) is 0. The highest BCUT2D eigenvalue weighted by molar-refractivity contribution is 5.39. The first-order valence-corrected chi connectivity index (χ1v) is 5.85. The lowest BCUT2D eigenvalue weighted by molar-refractivity contribution is 0.405. The van der Waals surface area contributed by atoms with E-state index in [0.29, 0.717) is 6.42 Å². The minimum atomic E-state index is -0.142. The monoisotopic (exact) mass is 246 g/mol. The topological polar surface area (TPSA) is 66.0 Å². The summed E-state index contributed by atoms with van der Waals surface area (Å²) < 4.78 is 7.02. The van der Waals surface area contributed by atoms with Crippen LogP contribution >= 0.6 is 0 Å². The van der Waals surface area contributed by atoms with Gasteiger partial charge >= 0.3 is 0 Å². The second-order valence-corrected chi connectivity index (χ2v) is 4.44. The van der Waals surface area contributed by atoms with Crippen LogP contribution < -0.4 is 10.5 Å². The average Bonchev–Trinajstić information content (AvgIpc) is 2.74. The van der Waals surface area contributed by atoms with Crippen molar-refractivity contribution in [1.82, 2.24) is 15.0 Å². The smallest absolute Gasteiger partial charge is 0.123 e. The maximum atomic E-state index is 6.22. The summed E-state index contributed by atoms with van der Waals surface area (Å²) in [5, 5.41) is 7.95. The van der Waals surface area contributed by atoms with Crippen molar-refractivity contribution in [3.63, 3.8) is 0 Å². The van der Waals surface area contributed by atoms with Gasteiger partial charge in [0.1, 0.15) is 5.75 Å². The molecule has 1 unspecified atom stereocenters. The van der Waals surface area contributed by atoms with E-state index >= 15 is 0 Å². The molecule has 2 N–H and O–H groups in total. The van der Waals surface area contributed by atoms with Gasteiger partial charge in [-0.25, -0.2) is 0 Å². The van der Waals surface area contributed by atoms with E-state index in [1.807, 2.05) is 32.3 Å². The Balaban J connectivity index is 2.22. The first kappa shape index (κ1) is 12.6. The van der Waals surface area contributed by atoms with Gasteiger partial charge in [-0.05, 0) is 13.0 Å². The number of methoxy groups -OCH3 is 1. The third kappa shape index (κ3) is 2.68. The Kier molecular flexibility index (Phi) is 3.62. The Hall–Kier alpha value is -1.88. The van der Waals surface area contributed by atoms with E-state index in [1.54, 1.807) is 11.8 Å². The Morgan fingerprint density at radius 1 is 1.44 bits per heavy atom. The van der Waals surface area contributed by atoms with Crippen molar-refractivity contribution < 1.29 is 4.74 Å². The fourth-order valence-corrected chi connectivity index (χ4v) is 1.97. The predicted molar refractivity (Wildman–Crippen MR) is 69.4 cm³/mol. The van der Waals surface area contributed by atoms with Crippen molar-refractivity contribution in [3.8, 4) is 5.75 Å². The standard InChI is InChI=1S/C13H18N4O/c1-9-4-5-13(18-3)11(6-9)12(14)7-10-8-17(2)16-15-10/h4-6,8,12H,7,14H2,1-3H3. The van der Waals surface area contributed by atoms with E-state index in [1.165, 1.54) is 5.56 Å². The SMILES string of the molecule is COc1ccc(C)cc1C(N)Cc1cn(C)nn1. The fourth-order valence-electron chi connectivity index (χ4n) is 1.97. The number of hydrogen-bond donors (Lipinski definition) is 1. The van der Waals surface area contributed by atoms with Gasteiger partial charge in [0.25, 0.3) is 0 Å². The first-order valence-electron chi connectivity index (χ1n) is 5.85. The molecule has 18 heavy (non-hydrogen) atoms. The highest BCUT2D eigenvalue weighted by Gasteiger charge is 2.14. The van der Waals surface area contributed by atoms with E-state index in [4.69, 9.17) is 10.5 Å². The molecule has 0 amide bonds. The largest absolute Gasteiger partial charge is 0.496 e. The van der Waals surface area contributed by atoms with E-state index in [9.17, 15) is 0 Å².